The van der Waals surface area contributed by atoms with Crippen LogP contribution in [-0.2, 0) is 58.9 Å². The predicted octanol–water partition coefficient (Wildman–Crippen LogP) is -0.832. The molecular weight excluding hydrogens is 342 g/mol. The van der Waals surface area contributed by atoms with Crippen LogP contribution in [0.3, 0.4) is 0 Å². The van der Waals surface area contributed by atoms with Crippen molar-refractivity contribution >= 4 is 0 Å². The van der Waals surface area contributed by atoms with Crippen molar-refractivity contribution in [2.45, 2.75) is 0 Å². The quantitative estimate of drug-likeness (QED) is 0.514. The van der Waals surface area contributed by atoms with E-state index in [-0.39, 0.29) is 64.4 Å². The van der Waals surface area contributed by atoms with Gasteiger partial charge in [0.25, 0.3) is 0 Å². The maximum atomic E-state index is 0. The van der Waals surface area contributed by atoms with Gasteiger partial charge in [-0.3, -0.25) is 0 Å². The number of hydrogen-bond acceptors (Lipinski definition) is 0. The molecule has 0 aromatic heterocycles. The molecule has 2 radical (unpaired) electrons. The third kappa shape index (κ3) is 9.14. The second-order valence-electron chi connectivity index (χ2n) is 0. The summed E-state index contributed by atoms with van der Waals surface area (Å²) in [4.78, 5) is 0. The van der Waals surface area contributed by atoms with Gasteiger partial charge in [0.05, 0.1) is 0 Å². The molecule has 0 saturated carbocycles. The van der Waals surface area contributed by atoms with Crippen molar-refractivity contribution < 1.29 is 64.4 Å². The monoisotopic (exact) mass is 342 g/mol. The SMILES string of the molecule is O.[Au].[Cu].[Zn]. The van der Waals surface area contributed by atoms with Crippen LogP contribution in [0.4, 0.5) is 0 Å². The summed E-state index contributed by atoms with van der Waals surface area (Å²) in [6, 6.07) is 0. The molecule has 0 aliphatic heterocycles. The molecule has 0 bridgehead atoms. The Labute approximate surface area is 64.0 Å². The van der Waals surface area contributed by atoms with Crippen molar-refractivity contribution in [3.05, 3.63) is 0 Å². The van der Waals surface area contributed by atoms with Gasteiger partial charge in [-0.05, 0) is 0 Å². The molecule has 0 unspecified atom stereocenters. The van der Waals surface area contributed by atoms with Crippen LogP contribution in [0.2, 0.25) is 0 Å². The van der Waals surface area contributed by atoms with Crippen molar-refractivity contribution in [3.63, 3.8) is 0 Å². The predicted molar refractivity (Wildman–Crippen MR) is 3.61 cm³/mol. The average Bonchev–Trinajstić information content (AvgIpc) is 0. The Hall–Kier alpha value is 1.84. The standard InChI is InChI=1S/Au.Cu.H2O.Zn/h;;1H2;. The van der Waals surface area contributed by atoms with Gasteiger partial charge in [0.2, 0.25) is 0 Å². The maximum absolute atomic E-state index is 0. The molecule has 4 heteroatoms. The molecule has 0 rings (SSSR count). The third-order valence-corrected chi connectivity index (χ3v) is 0. The molecule has 0 aromatic rings. The van der Waals surface area contributed by atoms with Gasteiger partial charge >= 0.3 is 0 Å². The van der Waals surface area contributed by atoms with Gasteiger partial charge in [0, 0.05) is 58.9 Å². The van der Waals surface area contributed by atoms with Crippen molar-refractivity contribution in [2.75, 3.05) is 0 Å². The summed E-state index contributed by atoms with van der Waals surface area (Å²) in [5.74, 6) is 0. The van der Waals surface area contributed by atoms with Crippen LogP contribution in [0.5, 0.6) is 0 Å². The molecule has 0 fully saturated rings. The fraction of sp³-hybridized carbons (Fsp3) is 0. The number of rotatable bonds is 0. The van der Waals surface area contributed by atoms with E-state index in [0.29, 0.717) is 0 Å². The van der Waals surface area contributed by atoms with E-state index in [1.807, 2.05) is 0 Å². The average molecular weight is 344 g/mol. The molecule has 0 saturated heterocycles. The van der Waals surface area contributed by atoms with Gasteiger partial charge < -0.3 is 5.48 Å². The van der Waals surface area contributed by atoms with Crippen molar-refractivity contribution in [2.24, 2.45) is 0 Å². The molecular formula is H2AuCuOZn. The molecule has 2 N–H and O–H groups in total. The first-order valence-corrected chi connectivity index (χ1v) is 0. The van der Waals surface area contributed by atoms with Crippen molar-refractivity contribution in [1.82, 2.24) is 0 Å². The van der Waals surface area contributed by atoms with Crippen molar-refractivity contribution in [1.29, 1.82) is 0 Å². The molecule has 1 nitrogen and oxygen atoms in total. The first-order chi connectivity index (χ1) is 0. The molecule has 0 amide bonds. The first kappa shape index (κ1) is 40.3. The van der Waals surface area contributed by atoms with Crippen LogP contribution in [0.1, 0.15) is 0 Å². The minimum atomic E-state index is 0. The van der Waals surface area contributed by atoms with E-state index in [1.165, 1.54) is 0 Å². The fourth-order valence-electron chi connectivity index (χ4n) is 0. The summed E-state index contributed by atoms with van der Waals surface area (Å²) in [6.07, 6.45) is 0. The third-order valence-electron chi connectivity index (χ3n) is 0. The summed E-state index contributed by atoms with van der Waals surface area (Å²) in [6.45, 7) is 0. The Bertz CT molecular complexity index is 8.00. The van der Waals surface area contributed by atoms with E-state index < -0.39 is 0 Å². The molecule has 0 aromatic carbocycles. The summed E-state index contributed by atoms with van der Waals surface area (Å²) >= 11 is 0. The van der Waals surface area contributed by atoms with Crippen LogP contribution in [0.25, 0.3) is 0 Å². The number of hydrogen-bond donors (Lipinski definition) is 0. The minimum absolute atomic E-state index is 0. The topological polar surface area (TPSA) is 31.5 Å². The zero-order chi connectivity index (χ0) is 0. The molecule has 0 atom stereocenters. The molecule has 0 heterocycles. The van der Waals surface area contributed by atoms with E-state index in [4.69, 9.17) is 0 Å². The Morgan fingerprint density at radius 3 is 1.00 bits per heavy atom. The fourth-order valence-corrected chi connectivity index (χ4v) is 0. The van der Waals surface area contributed by atoms with E-state index in [1.54, 1.807) is 0 Å². The minimum Gasteiger partial charge on any atom is -0.412 e. The summed E-state index contributed by atoms with van der Waals surface area (Å²) in [5, 5.41) is 0. The zero-order valence-electron chi connectivity index (χ0n) is 1.81. The largest absolute Gasteiger partial charge is 0.412 e. The second-order valence-corrected chi connectivity index (χ2v) is 0. The molecule has 4 heavy (non-hydrogen) atoms. The van der Waals surface area contributed by atoms with Gasteiger partial charge in [0.1, 0.15) is 0 Å². The van der Waals surface area contributed by atoms with Crippen LogP contribution in [0, 0.1) is 0 Å². The Morgan fingerprint density at radius 1 is 1.00 bits per heavy atom. The van der Waals surface area contributed by atoms with E-state index >= 15 is 0 Å². The molecule has 0 spiro atoms. The van der Waals surface area contributed by atoms with Gasteiger partial charge in [-0.2, -0.15) is 0 Å². The summed E-state index contributed by atoms with van der Waals surface area (Å²) < 4.78 is 0. The van der Waals surface area contributed by atoms with Gasteiger partial charge in [-0.1, -0.05) is 0 Å². The van der Waals surface area contributed by atoms with Crippen molar-refractivity contribution in [3.8, 4) is 0 Å². The van der Waals surface area contributed by atoms with E-state index in [9.17, 15) is 0 Å². The molecule has 0 aliphatic carbocycles. The van der Waals surface area contributed by atoms with Crippen LogP contribution in [-0.4, -0.2) is 5.48 Å². The first-order valence-electron chi connectivity index (χ1n) is 0. The van der Waals surface area contributed by atoms with Gasteiger partial charge in [-0.25, -0.2) is 0 Å². The zero-order valence-corrected chi connectivity index (χ0v) is 7.89. The Balaban J connectivity index is 0. The van der Waals surface area contributed by atoms with Gasteiger partial charge in [-0.15, -0.1) is 0 Å². The van der Waals surface area contributed by atoms with E-state index in [0.717, 1.165) is 0 Å². The Kier molecular flexibility index (Phi) is 212. The Morgan fingerprint density at radius 2 is 1.00 bits per heavy atom. The summed E-state index contributed by atoms with van der Waals surface area (Å²) in [5.41, 5.74) is 0. The molecule has 32 valence electrons. The van der Waals surface area contributed by atoms with Crippen LogP contribution in [0.15, 0.2) is 0 Å². The molecule has 0 aliphatic rings. The van der Waals surface area contributed by atoms with E-state index in [2.05, 4.69) is 0 Å². The second kappa shape index (κ2) is 21.1. The summed E-state index contributed by atoms with van der Waals surface area (Å²) in [7, 11) is 0. The van der Waals surface area contributed by atoms with Crippen LogP contribution >= 0.6 is 0 Å². The van der Waals surface area contributed by atoms with Gasteiger partial charge in [0.15, 0.2) is 0 Å². The van der Waals surface area contributed by atoms with Crippen LogP contribution < -0.4 is 0 Å². The normalized spacial score (nSPS) is 0. The smallest absolute Gasteiger partial charge is 0 e. The maximum Gasteiger partial charge on any atom is 0 e.